The topological polar surface area (TPSA) is 16.1 Å². The van der Waals surface area contributed by atoms with Crippen molar-refractivity contribution in [3.05, 3.63) is 41.2 Å². The number of halogens is 1. The highest BCUT2D eigenvalue weighted by Crippen LogP contribution is 2.29. The Balaban J connectivity index is 1.97. The highest BCUT2D eigenvalue weighted by molar-refractivity contribution is 9.11. The molecule has 80 valence electrons. The minimum absolute atomic E-state index is 0.757. The van der Waals surface area contributed by atoms with Gasteiger partial charge in [0.1, 0.15) is 0 Å². The van der Waals surface area contributed by atoms with Crippen molar-refractivity contribution in [3.8, 4) is 0 Å². The van der Waals surface area contributed by atoms with Crippen LogP contribution in [0, 0.1) is 0 Å². The first kappa shape index (κ1) is 10.8. The molecule has 15 heavy (non-hydrogen) atoms. The molecule has 1 aliphatic carbocycles. The number of nitrogens with zero attached hydrogens (tertiary/aromatic N) is 2. The molecule has 1 aromatic heterocycles. The van der Waals surface area contributed by atoms with Gasteiger partial charge < -0.3 is 0 Å². The van der Waals surface area contributed by atoms with Crippen LogP contribution in [0.1, 0.15) is 18.4 Å². The molecule has 2 nitrogen and oxygen atoms in total. The minimum Gasteiger partial charge on any atom is -0.291 e. The molecule has 0 N–H and O–H groups in total. The summed E-state index contributed by atoms with van der Waals surface area (Å²) in [6, 6.07) is 4.91. The van der Waals surface area contributed by atoms with E-state index in [1.165, 1.54) is 18.4 Å². The molecule has 0 spiro atoms. The first-order valence-corrected chi connectivity index (χ1v) is 6.01. The predicted octanol–water partition coefficient (Wildman–Crippen LogP) is 2.95. The third-order valence-electron chi connectivity index (χ3n) is 2.57. The molecular formula is C12H15BrN2. The monoisotopic (exact) mass is 266 g/mol. The fraction of sp³-hybridized carbons (Fsp3) is 0.417. The molecular weight excluding hydrogens is 252 g/mol. The molecule has 0 atom stereocenters. The lowest BCUT2D eigenvalue weighted by molar-refractivity contribution is 0.282. The van der Waals surface area contributed by atoms with E-state index in [1.54, 1.807) is 0 Å². The van der Waals surface area contributed by atoms with Crippen molar-refractivity contribution in [3.63, 3.8) is 0 Å². The van der Waals surface area contributed by atoms with Gasteiger partial charge in [-0.1, -0.05) is 22.5 Å². The fourth-order valence-corrected chi connectivity index (χ4v) is 2.02. The summed E-state index contributed by atoms with van der Waals surface area (Å²) >= 11 is 3.44. The molecule has 1 aliphatic rings. The smallest absolute Gasteiger partial charge is 0.0300 e. The third kappa shape index (κ3) is 3.43. The lowest BCUT2D eigenvalue weighted by Gasteiger charge is -2.21. The van der Waals surface area contributed by atoms with Crippen molar-refractivity contribution in [1.82, 2.24) is 9.88 Å². The minimum atomic E-state index is 0.757. The second-order valence-electron chi connectivity index (χ2n) is 4.01. The molecule has 0 aliphatic heterocycles. The number of hydrogen-bond acceptors (Lipinski definition) is 2. The van der Waals surface area contributed by atoms with Crippen LogP contribution in [0.25, 0.3) is 0 Å². The number of pyridine rings is 1. The average Bonchev–Trinajstić information content (AvgIpc) is 3.01. The Morgan fingerprint density at radius 2 is 2.13 bits per heavy atom. The van der Waals surface area contributed by atoms with Gasteiger partial charge in [0.2, 0.25) is 0 Å². The maximum absolute atomic E-state index is 4.03. The molecule has 0 bridgehead atoms. The van der Waals surface area contributed by atoms with Crippen LogP contribution in [0.4, 0.5) is 0 Å². The number of hydrogen-bond donors (Lipinski definition) is 0. The van der Waals surface area contributed by atoms with E-state index in [-0.39, 0.29) is 0 Å². The van der Waals surface area contributed by atoms with Gasteiger partial charge >= 0.3 is 0 Å². The molecule has 2 rings (SSSR count). The zero-order chi connectivity index (χ0) is 10.7. The fourth-order valence-electron chi connectivity index (χ4n) is 1.70. The molecule has 1 fully saturated rings. The molecule has 0 radical (unpaired) electrons. The van der Waals surface area contributed by atoms with Crippen LogP contribution in [-0.4, -0.2) is 22.5 Å². The lowest BCUT2D eigenvalue weighted by Crippen LogP contribution is -2.26. The van der Waals surface area contributed by atoms with E-state index in [4.69, 9.17) is 0 Å². The van der Waals surface area contributed by atoms with Gasteiger partial charge in [0.25, 0.3) is 0 Å². The summed E-state index contributed by atoms with van der Waals surface area (Å²) < 4.78 is 1.06. The summed E-state index contributed by atoms with van der Waals surface area (Å²) in [5, 5.41) is 0. The van der Waals surface area contributed by atoms with Crippen molar-refractivity contribution in [2.75, 3.05) is 6.54 Å². The Bertz CT molecular complexity index is 333. The molecule has 0 saturated heterocycles. The van der Waals surface area contributed by atoms with E-state index < -0.39 is 0 Å². The van der Waals surface area contributed by atoms with Crippen molar-refractivity contribution in [2.45, 2.75) is 25.4 Å². The molecule has 0 aromatic carbocycles. The third-order valence-corrected chi connectivity index (χ3v) is 2.82. The molecule has 0 amide bonds. The Morgan fingerprint density at radius 1 is 1.47 bits per heavy atom. The van der Waals surface area contributed by atoms with Gasteiger partial charge in [0, 0.05) is 36.0 Å². The van der Waals surface area contributed by atoms with Gasteiger partial charge in [-0.05, 0) is 30.5 Å². The molecule has 0 unspecified atom stereocenters. The van der Waals surface area contributed by atoms with Crippen molar-refractivity contribution in [2.24, 2.45) is 0 Å². The van der Waals surface area contributed by atoms with E-state index in [0.29, 0.717) is 0 Å². The van der Waals surface area contributed by atoms with Crippen LogP contribution in [-0.2, 0) is 6.54 Å². The van der Waals surface area contributed by atoms with Gasteiger partial charge in [0.05, 0.1) is 0 Å². The zero-order valence-corrected chi connectivity index (χ0v) is 10.3. The van der Waals surface area contributed by atoms with Crippen molar-refractivity contribution >= 4 is 15.9 Å². The van der Waals surface area contributed by atoms with E-state index in [1.807, 2.05) is 12.4 Å². The quantitative estimate of drug-likeness (QED) is 0.815. The first-order valence-electron chi connectivity index (χ1n) is 5.22. The predicted molar refractivity (Wildman–Crippen MR) is 65.7 cm³/mol. The second-order valence-corrected chi connectivity index (χ2v) is 5.13. The average molecular weight is 267 g/mol. The van der Waals surface area contributed by atoms with Gasteiger partial charge in [-0.2, -0.15) is 0 Å². The van der Waals surface area contributed by atoms with E-state index in [2.05, 4.69) is 44.5 Å². The number of aromatic nitrogens is 1. The second kappa shape index (κ2) is 4.90. The van der Waals surface area contributed by atoms with Crippen LogP contribution in [0.5, 0.6) is 0 Å². The molecule has 3 heteroatoms. The highest BCUT2D eigenvalue weighted by atomic mass is 79.9. The SMILES string of the molecule is C=C(Br)CN(Cc1ccncc1)C1CC1. The maximum Gasteiger partial charge on any atom is 0.0300 e. The van der Waals surface area contributed by atoms with Crippen molar-refractivity contribution in [1.29, 1.82) is 0 Å². The summed E-state index contributed by atoms with van der Waals surface area (Å²) in [6.07, 6.45) is 6.35. The van der Waals surface area contributed by atoms with Gasteiger partial charge in [0.15, 0.2) is 0 Å². The van der Waals surface area contributed by atoms with E-state index in [9.17, 15) is 0 Å². The Morgan fingerprint density at radius 3 is 2.67 bits per heavy atom. The van der Waals surface area contributed by atoms with Gasteiger partial charge in [-0.3, -0.25) is 9.88 Å². The van der Waals surface area contributed by atoms with Crippen molar-refractivity contribution < 1.29 is 0 Å². The van der Waals surface area contributed by atoms with Crippen LogP contribution in [0.15, 0.2) is 35.6 Å². The van der Waals surface area contributed by atoms with Gasteiger partial charge in [-0.15, -0.1) is 0 Å². The van der Waals surface area contributed by atoms with Crippen LogP contribution in [0.3, 0.4) is 0 Å². The lowest BCUT2D eigenvalue weighted by atomic mass is 10.2. The van der Waals surface area contributed by atoms with Crippen LogP contribution in [0.2, 0.25) is 0 Å². The summed E-state index contributed by atoms with van der Waals surface area (Å²) in [5.74, 6) is 0. The van der Waals surface area contributed by atoms with Crippen LogP contribution < -0.4 is 0 Å². The van der Waals surface area contributed by atoms with Gasteiger partial charge in [-0.25, -0.2) is 0 Å². The standard InChI is InChI=1S/C12H15BrN2/c1-10(13)8-15(12-2-3-12)9-11-4-6-14-7-5-11/h4-7,12H,1-3,8-9H2. The normalized spacial score (nSPS) is 15.6. The molecule has 1 aromatic rings. The molecule has 1 heterocycles. The zero-order valence-electron chi connectivity index (χ0n) is 8.69. The Labute approximate surface area is 99.1 Å². The number of rotatable bonds is 5. The van der Waals surface area contributed by atoms with E-state index >= 15 is 0 Å². The first-order chi connectivity index (χ1) is 7.25. The highest BCUT2D eigenvalue weighted by Gasteiger charge is 2.28. The Kier molecular flexibility index (Phi) is 3.54. The summed E-state index contributed by atoms with van der Waals surface area (Å²) in [6.45, 7) is 5.84. The largest absolute Gasteiger partial charge is 0.291 e. The summed E-state index contributed by atoms with van der Waals surface area (Å²) in [5.41, 5.74) is 1.32. The molecule has 1 saturated carbocycles. The summed E-state index contributed by atoms with van der Waals surface area (Å²) in [4.78, 5) is 6.49. The Hall–Kier alpha value is -0.670. The summed E-state index contributed by atoms with van der Waals surface area (Å²) in [7, 11) is 0. The van der Waals surface area contributed by atoms with Crippen LogP contribution >= 0.6 is 15.9 Å². The van der Waals surface area contributed by atoms with E-state index in [0.717, 1.165) is 23.6 Å². The maximum atomic E-state index is 4.03.